The molecule has 2 bridgehead atoms. The van der Waals surface area contributed by atoms with E-state index in [0.29, 0.717) is 24.2 Å². The standard InChI is InChI=1S/C37H35F3N2O5/c1-22(43)46-31-21-30(44)26-20-29-27-13-14-28(41(2)32(45)15-10-24-8-11-25(12-9-24)37(38,39)40)35-36(27,33(26)34(31)47-35)17-19-42(29)18-16-23-6-4-3-5-7-23/h3-9,11-12,21,27-29,35,44H,13-14,16-20H2,1-2H3/t27-,28-,29+,35-,36-/m0/s1. The first kappa shape index (κ1) is 31.1. The number of likely N-dealkylation sites (N-methyl/N-ethyl adjacent to an activating group) is 1. The molecule has 3 aromatic carbocycles. The average molecular weight is 645 g/mol. The highest BCUT2D eigenvalue weighted by Gasteiger charge is 2.67. The van der Waals surface area contributed by atoms with Gasteiger partial charge in [-0.3, -0.25) is 14.5 Å². The maximum atomic E-state index is 13.5. The molecule has 7 rings (SSSR count). The number of likely N-dealkylation sites (tertiary alicyclic amines) is 1. The van der Waals surface area contributed by atoms with Crippen LogP contribution in [0, 0.1) is 17.8 Å². The maximum Gasteiger partial charge on any atom is 0.416 e. The van der Waals surface area contributed by atoms with Crippen LogP contribution in [0.5, 0.6) is 17.2 Å². The molecule has 5 atom stereocenters. The number of rotatable bonds is 5. The fraction of sp³-hybridized carbons (Fsp3) is 0.405. The second-order valence-corrected chi connectivity index (χ2v) is 13.0. The van der Waals surface area contributed by atoms with E-state index in [1.54, 1.807) is 11.9 Å². The van der Waals surface area contributed by atoms with Crippen LogP contribution >= 0.6 is 0 Å². The number of hydrogen-bond donors (Lipinski definition) is 1. The highest BCUT2D eigenvalue weighted by molar-refractivity contribution is 5.94. The predicted octanol–water partition coefficient (Wildman–Crippen LogP) is 5.50. The van der Waals surface area contributed by atoms with E-state index < -0.39 is 35.1 Å². The van der Waals surface area contributed by atoms with Gasteiger partial charge in [-0.05, 0) is 74.4 Å². The number of halogens is 3. The van der Waals surface area contributed by atoms with Crippen LogP contribution in [0.25, 0.3) is 0 Å². The molecular formula is C37H35F3N2O5. The van der Waals surface area contributed by atoms with Crippen LogP contribution in [-0.2, 0) is 34.0 Å². The number of benzene rings is 3. The molecule has 2 aliphatic heterocycles. The van der Waals surface area contributed by atoms with E-state index in [9.17, 15) is 27.9 Å². The van der Waals surface area contributed by atoms with Crippen LogP contribution in [0.4, 0.5) is 13.2 Å². The lowest BCUT2D eigenvalue weighted by molar-refractivity contribution is -0.137. The van der Waals surface area contributed by atoms with Gasteiger partial charge in [-0.2, -0.15) is 13.2 Å². The molecule has 1 saturated heterocycles. The second kappa shape index (κ2) is 11.6. The minimum Gasteiger partial charge on any atom is -0.508 e. The number of aromatic hydroxyl groups is 1. The Hall–Kier alpha value is -4.49. The van der Waals surface area contributed by atoms with Gasteiger partial charge >= 0.3 is 12.1 Å². The van der Waals surface area contributed by atoms with Gasteiger partial charge < -0.3 is 19.5 Å². The quantitative estimate of drug-likeness (QED) is 0.225. The topological polar surface area (TPSA) is 79.3 Å². The van der Waals surface area contributed by atoms with Crippen molar-refractivity contribution in [3.05, 3.63) is 88.5 Å². The van der Waals surface area contributed by atoms with Crippen molar-refractivity contribution in [1.82, 2.24) is 9.80 Å². The Morgan fingerprint density at radius 1 is 1.13 bits per heavy atom. The Labute approximate surface area is 271 Å². The smallest absolute Gasteiger partial charge is 0.416 e. The molecule has 1 amide bonds. The van der Waals surface area contributed by atoms with E-state index in [1.165, 1.54) is 30.7 Å². The highest BCUT2D eigenvalue weighted by atomic mass is 19.4. The first-order valence-electron chi connectivity index (χ1n) is 16.0. The Morgan fingerprint density at radius 2 is 1.87 bits per heavy atom. The van der Waals surface area contributed by atoms with E-state index in [1.807, 2.05) is 18.2 Å². The van der Waals surface area contributed by atoms with Crippen molar-refractivity contribution in [1.29, 1.82) is 0 Å². The normalized spacial score (nSPS) is 25.6. The third-order valence-corrected chi connectivity index (χ3v) is 10.6. The maximum absolute atomic E-state index is 13.5. The van der Waals surface area contributed by atoms with Gasteiger partial charge in [0, 0.05) is 60.7 Å². The van der Waals surface area contributed by atoms with Gasteiger partial charge in [0.25, 0.3) is 5.91 Å². The summed E-state index contributed by atoms with van der Waals surface area (Å²) in [4.78, 5) is 29.7. The van der Waals surface area contributed by atoms with Gasteiger partial charge in [0.05, 0.1) is 11.6 Å². The van der Waals surface area contributed by atoms with E-state index in [4.69, 9.17) is 9.47 Å². The van der Waals surface area contributed by atoms with Crippen LogP contribution in [0.1, 0.15) is 54.0 Å². The van der Waals surface area contributed by atoms with Gasteiger partial charge in [0.15, 0.2) is 11.5 Å². The zero-order valence-corrected chi connectivity index (χ0v) is 26.1. The lowest BCUT2D eigenvalue weighted by Crippen LogP contribution is -2.69. The molecule has 1 N–H and O–H groups in total. The fourth-order valence-electron chi connectivity index (χ4n) is 8.58. The molecule has 3 aromatic rings. The zero-order valence-electron chi connectivity index (χ0n) is 26.1. The SMILES string of the molecule is CC(=O)Oc1cc(O)c2c3c1O[C@H]1[C@@H](N(C)C(=O)C#Cc4ccc(C(F)(F)F)cc4)CC[C@H]4[C@@H](C2)N(CCc2ccccc2)CC[C@@]341. The molecule has 1 spiro atoms. The van der Waals surface area contributed by atoms with E-state index >= 15 is 0 Å². The highest BCUT2D eigenvalue weighted by Crippen LogP contribution is 2.65. The molecule has 244 valence electrons. The number of phenolic OH excluding ortho intramolecular Hbond substituents is 1. The number of carbonyl (C=O) groups excluding carboxylic acids is 2. The van der Waals surface area contributed by atoms with Crippen LogP contribution in [-0.4, -0.2) is 65.1 Å². The summed E-state index contributed by atoms with van der Waals surface area (Å²) in [7, 11) is 1.68. The summed E-state index contributed by atoms with van der Waals surface area (Å²) in [6, 6.07) is 16.0. The number of hydrogen-bond acceptors (Lipinski definition) is 6. The first-order chi connectivity index (χ1) is 22.5. The summed E-state index contributed by atoms with van der Waals surface area (Å²) in [5.41, 5.74) is 1.97. The van der Waals surface area contributed by atoms with Crippen LogP contribution in [0.3, 0.4) is 0 Å². The predicted molar refractivity (Wildman–Crippen MR) is 167 cm³/mol. The summed E-state index contributed by atoms with van der Waals surface area (Å²) in [6.07, 6.45) is -1.16. The average Bonchev–Trinajstić information content (AvgIpc) is 3.39. The van der Waals surface area contributed by atoms with E-state index in [2.05, 4.69) is 28.9 Å². The molecule has 47 heavy (non-hydrogen) atoms. The Balaban J connectivity index is 1.21. The number of alkyl halides is 3. The van der Waals surface area contributed by atoms with Gasteiger partial charge in [-0.25, -0.2) is 0 Å². The van der Waals surface area contributed by atoms with Crippen LogP contribution in [0.15, 0.2) is 60.7 Å². The second-order valence-electron chi connectivity index (χ2n) is 13.0. The van der Waals surface area contributed by atoms with Crippen LogP contribution in [0.2, 0.25) is 0 Å². The monoisotopic (exact) mass is 644 g/mol. The molecule has 0 aromatic heterocycles. The molecule has 2 heterocycles. The third-order valence-electron chi connectivity index (χ3n) is 10.6. The lowest BCUT2D eigenvalue weighted by Gasteiger charge is -2.60. The number of ether oxygens (including phenoxy) is 2. The third kappa shape index (κ3) is 5.31. The number of phenols is 1. The van der Waals surface area contributed by atoms with Crippen molar-refractivity contribution in [3.8, 4) is 29.1 Å². The lowest BCUT2D eigenvalue weighted by atomic mass is 9.50. The van der Waals surface area contributed by atoms with Crippen molar-refractivity contribution >= 4 is 11.9 Å². The van der Waals surface area contributed by atoms with Crippen molar-refractivity contribution in [2.24, 2.45) is 5.92 Å². The fourth-order valence-corrected chi connectivity index (χ4v) is 8.58. The molecule has 0 radical (unpaired) electrons. The zero-order chi connectivity index (χ0) is 33.1. The molecule has 7 nitrogen and oxygen atoms in total. The molecular weight excluding hydrogens is 609 g/mol. The van der Waals surface area contributed by atoms with Crippen LogP contribution < -0.4 is 9.47 Å². The summed E-state index contributed by atoms with van der Waals surface area (Å²) in [5.74, 6) is 5.23. The number of esters is 1. The molecule has 1 saturated carbocycles. The summed E-state index contributed by atoms with van der Waals surface area (Å²) in [6.45, 7) is 2.99. The van der Waals surface area contributed by atoms with Crippen molar-refractivity contribution in [3.63, 3.8) is 0 Å². The Morgan fingerprint density at radius 3 is 2.57 bits per heavy atom. The minimum atomic E-state index is -4.46. The first-order valence-corrected chi connectivity index (χ1v) is 16.0. The summed E-state index contributed by atoms with van der Waals surface area (Å²) in [5, 5.41) is 11.3. The van der Waals surface area contributed by atoms with Gasteiger partial charge in [-0.15, -0.1) is 0 Å². The Bertz CT molecular complexity index is 1780. The van der Waals surface area contributed by atoms with E-state index in [-0.39, 0.29) is 29.5 Å². The summed E-state index contributed by atoms with van der Waals surface area (Å²) >= 11 is 0. The van der Waals surface area contributed by atoms with E-state index in [0.717, 1.165) is 55.6 Å². The van der Waals surface area contributed by atoms with Crippen molar-refractivity contribution in [2.45, 2.75) is 68.8 Å². The van der Waals surface area contributed by atoms with Gasteiger partial charge in [-0.1, -0.05) is 36.3 Å². The summed E-state index contributed by atoms with van der Waals surface area (Å²) < 4.78 is 51.3. The minimum absolute atomic E-state index is 0.0750. The molecule has 2 aliphatic carbocycles. The number of carbonyl (C=O) groups is 2. The molecule has 2 fully saturated rings. The largest absolute Gasteiger partial charge is 0.508 e. The van der Waals surface area contributed by atoms with Crippen molar-refractivity contribution in [2.75, 3.05) is 20.1 Å². The molecule has 0 unspecified atom stereocenters. The number of amides is 1. The number of piperidine rings is 1. The Kier molecular flexibility index (Phi) is 7.71. The van der Waals surface area contributed by atoms with Crippen molar-refractivity contribution < 1.29 is 37.3 Å². The molecule has 4 aliphatic rings. The molecule has 10 heteroatoms. The van der Waals surface area contributed by atoms with Gasteiger partial charge in [0.1, 0.15) is 11.9 Å². The number of nitrogens with zero attached hydrogens (tertiary/aromatic N) is 2. The van der Waals surface area contributed by atoms with Gasteiger partial charge in [0.2, 0.25) is 0 Å².